The third-order valence-electron chi connectivity index (χ3n) is 3.72. The molecule has 1 atom stereocenters. The highest BCUT2D eigenvalue weighted by Crippen LogP contribution is 2.17. The first kappa shape index (κ1) is 13.0. The molecule has 1 aromatic carbocycles. The van der Waals surface area contributed by atoms with Crippen molar-refractivity contribution in [2.24, 2.45) is 0 Å². The second-order valence-corrected chi connectivity index (χ2v) is 6.42. The highest BCUT2D eigenvalue weighted by atomic mass is 32.2. The van der Waals surface area contributed by atoms with E-state index in [4.69, 9.17) is 4.98 Å². The molecule has 0 aliphatic carbocycles. The van der Waals surface area contributed by atoms with Gasteiger partial charge in [-0.1, -0.05) is 12.1 Å². The maximum atomic E-state index is 4.69. The van der Waals surface area contributed by atoms with E-state index in [2.05, 4.69) is 47.2 Å². The zero-order chi connectivity index (χ0) is 13.1. The van der Waals surface area contributed by atoms with Crippen LogP contribution in [0.25, 0.3) is 11.0 Å². The lowest BCUT2D eigenvalue weighted by Crippen LogP contribution is -2.35. The molecule has 2 heterocycles. The van der Waals surface area contributed by atoms with Gasteiger partial charge in [-0.3, -0.25) is 0 Å². The molecule has 1 saturated heterocycles. The molecule has 2 aromatic rings. The van der Waals surface area contributed by atoms with Crippen molar-refractivity contribution in [3.05, 3.63) is 29.6 Å². The molecule has 1 aromatic heterocycles. The minimum absolute atomic E-state index is 0.699. The van der Waals surface area contributed by atoms with Crippen molar-refractivity contribution in [2.45, 2.75) is 32.2 Å². The van der Waals surface area contributed by atoms with Gasteiger partial charge in [0.25, 0.3) is 0 Å². The van der Waals surface area contributed by atoms with E-state index in [9.17, 15) is 0 Å². The van der Waals surface area contributed by atoms with Crippen LogP contribution >= 0.6 is 11.8 Å². The second kappa shape index (κ2) is 5.97. The summed E-state index contributed by atoms with van der Waals surface area (Å²) in [5.74, 6) is 3.69. The number of H-pyrrole nitrogens is 1. The summed E-state index contributed by atoms with van der Waals surface area (Å²) in [6, 6.07) is 7.00. The number of hydrogen-bond donors (Lipinski definition) is 2. The molecular formula is C15H21N3S. The van der Waals surface area contributed by atoms with Crippen LogP contribution in [0.2, 0.25) is 0 Å². The second-order valence-electron chi connectivity index (χ2n) is 5.27. The number of aromatic amines is 1. The van der Waals surface area contributed by atoms with Crippen LogP contribution in [0.3, 0.4) is 0 Å². The van der Waals surface area contributed by atoms with Gasteiger partial charge in [0, 0.05) is 24.8 Å². The van der Waals surface area contributed by atoms with Gasteiger partial charge in [-0.05, 0) is 37.1 Å². The Bertz CT molecular complexity index is 543. The number of fused-ring (bicyclic) bond motifs is 1. The zero-order valence-electron chi connectivity index (χ0n) is 11.4. The number of benzene rings is 1. The van der Waals surface area contributed by atoms with Crippen molar-refractivity contribution < 1.29 is 0 Å². The molecule has 19 heavy (non-hydrogen) atoms. The van der Waals surface area contributed by atoms with Crippen LogP contribution in [0.15, 0.2) is 18.2 Å². The molecular weight excluding hydrogens is 254 g/mol. The largest absolute Gasteiger partial charge is 0.342 e. The monoisotopic (exact) mass is 275 g/mol. The highest BCUT2D eigenvalue weighted by molar-refractivity contribution is 7.99. The maximum absolute atomic E-state index is 4.69. The lowest BCUT2D eigenvalue weighted by Gasteiger charge is -2.22. The Morgan fingerprint density at radius 2 is 2.42 bits per heavy atom. The molecule has 102 valence electrons. The standard InChI is InChI=1S/C15H21N3S/c1-11-4-2-6-13-15(11)18-14(17-13)7-8-16-12-5-3-9-19-10-12/h2,4,6,12,16H,3,5,7-10H2,1H3,(H,17,18). The van der Waals surface area contributed by atoms with Crippen molar-refractivity contribution in [2.75, 3.05) is 18.1 Å². The van der Waals surface area contributed by atoms with Crippen LogP contribution in [0, 0.1) is 6.92 Å². The molecule has 4 heteroatoms. The fourth-order valence-corrected chi connectivity index (χ4v) is 3.75. The fourth-order valence-electron chi connectivity index (χ4n) is 2.64. The Morgan fingerprint density at radius 1 is 1.47 bits per heavy atom. The van der Waals surface area contributed by atoms with Crippen molar-refractivity contribution in [1.82, 2.24) is 15.3 Å². The Kier molecular flexibility index (Phi) is 4.09. The van der Waals surface area contributed by atoms with Gasteiger partial charge in [-0.2, -0.15) is 11.8 Å². The molecule has 1 unspecified atom stereocenters. The number of rotatable bonds is 4. The summed E-state index contributed by atoms with van der Waals surface area (Å²) in [6.45, 7) is 3.13. The molecule has 3 rings (SSSR count). The summed E-state index contributed by atoms with van der Waals surface area (Å²) >= 11 is 2.07. The zero-order valence-corrected chi connectivity index (χ0v) is 12.2. The van der Waals surface area contributed by atoms with Gasteiger partial charge in [0.2, 0.25) is 0 Å². The number of aromatic nitrogens is 2. The topological polar surface area (TPSA) is 40.7 Å². The summed E-state index contributed by atoms with van der Waals surface area (Å²) < 4.78 is 0. The average molecular weight is 275 g/mol. The van der Waals surface area contributed by atoms with Crippen LogP contribution in [-0.4, -0.2) is 34.1 Å². The number of thioether (sulfide) groups is 1. The van der Waals surface area contributed by atoms with Crippen LogP contribution in [-0.2, 0) is 6.42 Å². The molecule has 1 fully saturated rings. The highest BCUT2D eigenvalue weighted by Gasteiger charge is 2.12. The van der Waals surface area contributed by atoms with Gasteiger partial charge in [-0.15, -0.1) is 0 Å². The summed E-state index contributed by atoms with van der Waals surface area (Å²) in [7, 11) is 0. The van der Waals surface area contributed by atoms with Gasteiger partial charge < -0.3 is 10.3 Å². The summed E-state index contributed by atoms with van der Waals surface area (Å²) in [5.41, 5.74) is 3.52. The first-order chi connectivity index (χ1) is 9.33. The van der Waals surface area contributed by atoms with Crippen LogP contribution in [0.4, 0.5) is 0 Å². The predicted octanol–water partition coefficient (Wildman–Crippen LogP) is 2.90. The van der Waals surface area contributed by atoms with Crippen LogP contribution in [0.5, 0.6) is 0 Å². The Hall–Kier alpha value is -1.00. The predicted molar refractivity (Wildman–Crippen MR) is 82.9 cm³/mol. The number of para-hydroxylation sites is 1. The minimum Gasteiger partial charge on any atom is -0.342 e. The van der Waals surface area contributed by atoms with E-state index in [0.717, 1.165) is 29.8 Å². The fraction of sp³-hybridized carbons (Fsp3) is 0.533. The van der Waals surface area contributed by atoms with Crippen molar-refractivity contribution in [3.8, 4) is 0 Å². The normalized spacial score (nSPS) is 19.9. The lowest BCUT2D eigenvalue weighted by atomic mass is 10.2. The molecule has 2 N–H and O–H groups in total. The number of hydrogen-bond acceptors (Lipinski definition) is 3. The Labute approximate surface area is 118 Å². The van der Waals surface area contributed by atoms with E-state index in [1.807, 2.05) is 0 Å². The van der Waals surface area contributed by atoms with Crippen LogP contribution in [0.1, 0.15) is 24.2 Å². The van der Waals surface area contributed by atoms with Gasteiger partial charge in [0.05, 0.1) is 11.0 Å². The number of nitrogens with one attached hydrogen (secondary N) is 2. The summed E-state index contributed by atoms with van der Waals surface area (Å²) in [4.78, 5) is 8.11. The molecule has 0 radical (unpaired) electrons. The van der Waals surface area contributed by atoms with Gasteiger partial charge in [0.1, 0.15) is 5.82 Å². The van der Waals surface area contributed by atoms with E-state index in [-0.39, 0.29) is 0 Å². The SMILES string of the molecule is Cc1cccc2[nH]c(CCNC3CCCSC3)nc12. The molecule has 1 aliphatic heterocycles. The first-order valence-corrected chi connectivity index (χ1v) is 8.24. The average Bonchev–Trinajstić information content (AvgIpc) is 2.84. The molecule has 0 saturated carbocycles. The number of aryl methyl sites for hydroxylation is 1. The number of imidazole rings is 1. The van der Waals surface area contributed by atoms with E-state index in [1.165, 1.54) is 29.9 Å². The molecule has 0 spiro atoms. The minimum atomic E-state index is 0.699. The van der Waals surface area contributed by atoms with E-state index in [0.29, 0.717) is 6.04 Å². The summed E-state index contributed by atoms with van der Waals surface area (Å²) in [6.07, 6.45) is 3.66. The molecule has 1 aliphatic rings. The van der Waals surface area contributed by atoms with Crippen molar-refractivity contribution in [3.63, 3.8) is 0 Å². The Balaban J connectivity index is 1.57. The molecule has 0 amide bonds. The molecule has 0 bridgehead atoms. The third kappa shape index (κ3) is 3.12. The van der Waals surface area contributed by atoms with Crippen molar-refractivity contribution in [1.29, 1.82) is 0 Å². The van der Waals surface area contributed by atoms with Gasteiger partial charge >= 0.3 is 0 Å². The van der Waals surface area contributed by atoms with E-state index < -0.39 is 0 Å². The third-order valence-corrected chi connectivity index (χ3v) is 4.93. The van der Waals surface area contributed by atoms with E-state index in [1.54, 1.807) is 0 Å². The van der Waals surface area contributed by atoms with Crippen LogP contribution < -0.4 is 5.32 Å². The van der Waals surface area contributed by atoms with Gasteiger partial charge in [0.15, 0.2) is 0 Å². The number of nitrogens with zero attached hydrogens (tertiary/aromatic N) is 1. The molecule has 3 nitrogen and oxygen atoms in total. The lowest BCUT2D eigenvalue weighted by molar-refractivity contribution is 0.508. The smallest absolute Gasteiger partial charge is 0.108 e. The summed E-state index contributed by atoms with van der Waals surface area (Å²) in [5, 5.41) is 3.65. The van der Waals surface area contributed by atoms with E-state index >= 15 is 0 Å². The van der Waals surface area contributed by atoms with Gasteiger partial charge in [-0.25, -0.2) is 4.98 Å². The first-order valence-electron chi connectivity index (χ1n) is 7.08. The van der Waals surface area contributed by atoms with Crippen molar-refractivity contribution >= 4 is 22.8 Å². The Morgan fingerprint density at radius 3 is 3.21 bits per heavy atom. The maximum Gasteiger partial charge on any atom is 0.108 e. The quantitative estimate of drug-likeness (QED) is 0.901.